The Hall–Kier alpha value is -3.02. The van der Waals surface area contributed by atoms with Gasteiger partial charge in [0.25, 0.3) is 0 Å². The van der Waals surface area contributed by atoms with Gasteiger partial charge >= 0.3 is 5.97 Å². The molecule has 6 heteroatoms. The fourth-order valence-corrected chi connectivity index (χ4v) is 1.89. The summed E-state index contributed by atoms with van der Waals surface area (Å²) in [4.78, 5) is 11.3. The number of nitrogens with two attached hydrogens (primary N) is 1. The predicted molar refractivity (Wildman–Crippen MR) is 87.0 cm³/mol. The van der Waals surface area contributed by atoms with E-state index in [1.807, 2.05) is 24.3 Å². The number of esters is 1. The number of nitrogens with zero attached hydrogens (tertiary/aromatic N) is 1. The summed E-state index contributed by atoms with van der Waals surface area (Å²) in [6.07, 6.45) is 1.55. The molecule has 0 aliphatic heterocycles. The molecule has 0 saturated carbocycles. The standard InChI is InChI=1S/C17H18N2O4/c1-21-17(20)14-5-7-15(8-6-14)22-9-10-23-16-4-2-3-13(11-16)12-19-18/h2-8,11-12H,9-10,18H2,1H3. The molecule has 2 aromatic carbocycles. The van der Waals surface area contributed by atoms with Crippen molar-refractivity contribution in [1.82, 2.24) is 0 Å². The van der Waals surface area contributed by atoms with Crippen LogP contribution in [0.1, 0.15) is 15.9 Å². The summed E-state index contributed by atoms with van der Waals surface area (Å²) in [5.41, 5.74) is 1.35. The van der Waals surface area contributed by atoms with Gasteiger partial charge in [-0.15, -0.1) is 0 Å². The molecule has 0 amide bonds. The first-order valence-corrected chi connectivity index (χ1v) is 7.00. The smallest absolute Gasteiger partial charge is 0.337 e. The lowest BCUT2D eigenvalue weighted by Gasteiger charge is -2.09. The Balaban J connectivity index is 1.79. The number of hydrazone groups is 1. The SMILES string of the molecule is COC(=O)c1ccc(OCCOc2cccc(C=NN)c2)cc1. The van der Waals surface area contributed by atoms with Crippen LogP contribution in [0.4, 0.5) is 0 Å². The molecule has 0 bridgehead atoms. The molecule has 23 heavy (non-hydrogen) atoms. The van der Waals surface area contributed by atoms with Crippen molar-refractivity contribution < 1.29 is 19.0 Å². The van der Waals surface area contributed by atoms with Crippen molar-refractivity contribution in [3.63, 3.8) is 0 Å². The lowest BCUT2D eigenvalue weighted by atomic mass is 10.2. The molecule has 6 nitrogen and oxygen atoms in total. The first kappa shape index (κ1) is 16.4. The molecule has 0 aromatic heterocycles. The molecule has 0 heterocycles. The van der Waals surface area contributed by atoms with Crippen molar-refractivity contribution in [1.29, 1.82) is 0 Å². The molecular weight excluding hydrogens is 296 g/mol. The maximum absolute atomic E-state index is 11.3. The fourth-order valence-electron chi connectivity index (χ4n) is 1.89. The van der Waals surface area contributed by atoms with Crippen molar-refractivity contribution in [2.75, 3.05) is 20.3 Å². The zero-order valence-corrected chi connectivity index (χ0v) is 12.8. The Kier molecular flexibility index (Phi) is 5.99. The van der Waals surface area contributed by atoms with Gasteiger partial charge in [0.1, 0.15) is 24.7 Å². The number of benzene rings is 2. The molecule has 0 aliphatic carbocycles. The maximum atomic E-state index is 11.3. The van der Waals surface area contributed by atoms with Crippen LogP contribution < -0.4 is 15.3 Å². The summed E-state index contributed by atoms with van der Waals surface area (Å²) in [6.45, 7) is 0.773. The lowest BCUT2D eigenvalue weighted by molar-refractivity contribution is 0.0600. The number of ether oxygens (including phenoxy) is 3. The van der Waals surface area contributed by atoms with Crippen LogP contribution in [0.5, 0.6) is 11.5 Å². The normalized spacial score (nSPS) is 10.5. The Morgan fingerprint density at radius 3 is 2.43 bits per heavy atom. The van der Waals surface area contributed by atoms with Gasteiger partial charge in [0, 0.05) is 0 Å². The molecule has 0 atom stereocenters. The van der Waals surface area contributed by atoms with Crippen molar-refractivity contribution in [3.05, 3.63) is 59.7 Å². The largest absolute Gasteiger partial charge is 0.490 e. The summed E-state index contributed by atoms with van der Waals surface area (Å²) in [5, 5.41) is 3.47. The van der Waals surface area contributed by atoms with Crippen molar-refractivity contribution >= 4 is 12.2 Å². The van der Waals surface area contributed by atoms with Crippen LogP contribution in [0.25, 0.3) is 0 Å². The number of rotatable bonds is 7. The zero-order valence-electron chi connectivity index (χ0n) is 12.8. The highest BCUT2D eigenvalue weighted by Gasteiger charge is 2.04. The van der Waals surface area contributed by atoms with E-state index in [0.29, 0.717) is 30.3 Å². The molecule has 0 radical (unpaired) electrons. The molecular formula is C17H18N2O4. The highest BCUT2D eigenvalue weighted by Crippen LogP contribution is 2.14. The van der Waals surface area contributed by atoms with Gasteiger partial charge in [0.15, 0.2) is 0 Å². The third-order valence-electron chi connectivity index (χ3n) is 2.98. The Labute approximate surface area is 134 Å². The minimum atomic E-state index is -0.374. The van der Waals surface area contributed by atoms with Crippen LogP contribution >= 0.6 is 0 Å². The highest BCUT2D eigenvalue weighted by molar-refractivity contribution is 5.89. The van der Waals surface area contributed by atoms with Crippen molar-refractivity contribution in [3.8, 4) is 11.5 Å². The van der Waals surface area contributed by atoms with E-state index in [-0.39, 0.29) is 5.97 Å². The predicted octanol–water partition coefficient (Wildman–Crippen LogP) is 2.22. The summed E-state index contributed by atoms with van der Waals surface area (Å²) >= 11 is 0. The second-order valence-corrected chi connectivity index (χ2v) is 4.56. The van der Waals surface area contributed by atoms with Gasteiger partial charge in [-0.25, -0.2) is 4.79 Å². The van der Waals surface area contributed by atoms with Crippen LogP contribution in [-0.4, -0.2) is 32.5 Å². The van der Waals surface area contributed by atoms with E-state index in [0.717, 1.165) is 5.56 Å². The summed E-state index contributed by atoms with van der Waals surface area (Å²) in [6, 6.07) is 14.1. The average Bonchev–Trinajstić information content (AvgIpc) is 2.59. The van der Waals surface area contributed by atoms with E-state index >= 15 is 0 Å². The number of methoxy groups -OCH3 is 1. The first-order valence-electron chi connectivity index (χ1n) is 7.00. The lowest BCUT2D eigenvalue weighted by Crippen LogP contribution is -2.09. The molecule has 0 aliphatic rings. The van der Waals surface area contributed by atoms with Crippen LogP contribution in [0, 0.1) is 0 Å². The quantitative estimate of drug-likeness (QED) is 0.278. The Morgan fingerprint density at radius 2 is 1.78 bits per heavy atom. The summed E-state index contributed by atoms with van der Waals surface area (Å²) < 4.78 is 15.8. The first-order chi connectivity index (χ1) is 11.2. The molecule has 0 unspecified atom stereocenters. The molecule has 0 spiro atoms. The number of hydrogen-bond donors (Lipinski definition) is 1. The van der Waals surface area contributed by atoms with E-state index < -0.39 is 0 Å². The fraction of sp³-hybridized carbons (Fsp3) is 0.176. The monoisotopic (exact) mass is 314 g/mol. The van der Waals surface area contributed by atoms with Gasteiger partial charge in [0.2, 0.25) is 0 Å². The van der Waals surface area contributed by atoms with Gasteiger partial charge in [-0.3, -0.25) is 0 Å². The van der Waals surface area contributed by atoms with Crippen molar-refractivity contribution in [2.24, 2.45) is 10.9 Å². The molecule has 0 fully saturated rings. The third-order valence-corrected chi connectivity index (χ3v) is 2.98. The van der Waals surface area contributed by atoms with Crippen LogP contribution in [0.2, 0.25) is 0 Å². The summed E-state index contributed by atoms with van der Waals surface area (Å²) in [7, 11) is 1.35. The minimum Gasteiger partial charge on any atom is -0.490 e. The number of carbonyl (C=O) groups is 1. The Morgan fingerprint density at radius 1 is 1.09 bits per heavy atom. The zero-order chi connectivity index (χ0) is 16.5. The topological polar surface area (TPSA) is 83.1 Å². The van der Waals surface area contributed by atoms with Gasteiger partial charge < -0.3 is 20.1 Å². The number of hydrogen-bond acceptors (Lipinski definition) is 6. The highest BCUT2D eigenvalue weighted by atomic mass is 16.5. The maximum Gasteiger partial charge on any atom is 0.337 e. The van der Waals surface area contributed by atoms with Gasteiger partial charge in [-0.05, 0) is 42.0 Å². The molecule has 0 saturated heterocycles. The van der Waals surface area contributed by atoms with Crippen LogP contribution in [0.15, 0.2) is 53.6 Å². The van der Waals surface area contributed by atoms with Crippen LogP contribution in [0.3, 0.4) is 0 Å². The second-order valence-electron chi connectivity index (χ2n) is 4.56. The molecule has 2 N–H and O–H groups in total. The molecule has 2 rings (SSSR count). The van der Waals surface area contributed by atoms with Crippen molar-refractivity contribution in [2.45, 2.75) is 0 Å². The van der Waals surface area contributed by atoms with E-state index in [1.165, 1.54) is 7.11 Å². The average molecular weight is 314 g/mol. The number of carbonyl (C=O) groups excluding carboxylic acids is 1. The third kappa shape index (κ3) is 5.03. The van der Waals surface area contributed by atoms with Crippen LogP contribution in [-0.2, 0) is 4.74 Å². The Bertz CT molecular complexity index is 669. The van der Waals surface area contributed by atoms with Gasteiger partial charge in [0.05, 0.1) is 18.9 Å². The van der Waals surface area contributed by atoms with E-state index in [2.05, 4.69) is 9.84 Å². The van der Waals surface area contributed by atoms with E-state index in [9.17, 15) is 4.79 Å². The minimum absolute atomic E-state index is 0.374. The molecule has 120 valence electrons. The van der Waals surface area contributed by atoms with E-state index in [1.54, 1.807) is 30.5 Å². The van der Waals surface area contributed by atoms with Gasteiger partial charge in [-0.1, -0.05) is 12.1 Å². The summed E-state index contributed by atoms with van der Waals surface area (Å²) in [5.74, 6) is 6.11. The molecule has 2 aromatic rings. The second kappa shape index (κ2) is 8.43. The van der Waals surface area contributed by atoms with Gasteiger partial charge in [-0.2, -0.15) is 5.10 Å². The van der Waals surface area contributed by atoms with E-state index in [4.69, 9.17) is 15.3 Å².